The van der Waals surface area contributed by atoms with Crippen LogP contribution in [0.3, 0.4) is 0 Å². The maximum Gasteiger partial charge on any atom is 0.272 e. The van der Waals surface area contributed by atoms with Crippen molar-refractivity contribution in [3.05, 3.63) is 72.1 Å². The lowest BCUT2D eigenvalue weighted by molar-refractivity contribution is -0.133. The molecule has 1 aliphatic carbocycles. The van der Waals surface area contributed by atoms with Crippen molar-refractivity contribution in [3.63, 3.8) is 0 Å². The quantitative estimate of drug-likeness (QED) is 0.218. The molecule has 2 unspecified atom stereocenters. The number of benzene rings is 2. The first-order valence-corrected chi connectivity index (χ1v) is 20.1. The van der Waals surface area contributed by atoms with Gasteiger partial charge in [-0.05, 0) is 83.4 Å². The number of carbonyl (C=O) groups excluding carboxylic acids is 3. The zero-order chi connectivity index (χ0) is 37.8. The van der Waals surface area contributed by atoms with E-state index >= 15 is 0 Å². The van der Waals surface area contributed by atoms with E-state index in [1.54, 1.807) is 24.3 Å². The van der Waals surface area contributed by atoms with Crippen molar-refractivity contribution in [3.8, 4) is 0 Å². The Balaban J connectivity index is 1.43. The average Bonchev–Trinajstić information content (AvgIpc) is 3.08. The largest absolute Gasteiger partial charge is 0.390 e. The van der Waals surface area contributed by atoms with Gasteiger partial charge in [0.05, 0.1) is 40.2 Å². The molecule has 2 heterocycles. The first-order chi connectivity index (χ1) is 24.4. The second-order valence-electron chi connectivity index (χ2n) is 16.1. The number of nitrogens with one attached hydrogen (secondary N) is 3. The molecule has 3 amide bonds. The number of amides is 3. The predicted octanol–water partition coefficient (Wildman–Crippen LogP) is 3.44. The molecule has 0 bridgehead atoms. The molecular weight excluding hydrogens is 681 g/mol. The number of aromatic nitrogens is 2. The van der Waals surface area contributed by atoms with E-state index in [-0.39, 0.29) is 24.6 Å². The van der Waals surface area contributed by atoms with E-state index in [0.29, 0.717) is 35.8 Å². The number of sulfone groups is 1. The number of rotatable bonds is 12. The molecule has 1 saturated carbocycles. The Labute approximate surface area is 307 Å². The van der Waals surface area contributed by atoms with Crippen molar-refractivity contribution >= 4 is 38.6 Å². The number of aliphatic hydroxyl groups is 1. The molecule has 6 atom stereocenters. The number of fused-ring (bicyclic) bond motifs is 2. The van der Waals surface area contributed by atoms with Gasteiger partial charge in [-0.1, -0.05) is 61.7 Å². The minimum atomic E-state index is -3.92. The SMILES string of the molecule is CC(C)(C)NC(=O)[C@@H]1CC2CCCCC2CN1C[C@@H](O)[C@H](Cc1ccccc1)NC(=O)[C@@H](NC(=O)c1cnc2ccccc2n1)C(C)(C)S(C)(=O)=O. The highest BCUT2D eigenvalue weighted by atomic mass is 32.2. The van der Waals surface area contributed by atoms with Crippen molar-refractivity contribution in [2.24, 2.45) is 11.8 Å². The Morgan fingerprint density at radius 3 is 2.21 bits per heavy atom. The van der Waals surface area contributed by atoms with E-state index in [1.807, 2.05) is 51.1 Å². The fourth-order valence-corrected chi connectivity index (χ4v) is 8.05. The summed E-state index contributed by atoms with van der Waals surface area (Å²) in [6.07, 6.45) is 6.52. The van der Waals surface area contributed by atoms with E-state index < -0.39 is 56.2 Å². The number of nitrogens with zero attached hydrogens (tertiary/aromatic N) is 3. The zero-order valence-electron chi connectivity index (χ0n) is 31.1. The summed E-state index contributed by atoms with van der Waals surface area (Å²) < 4.78 is 24.5. The van der Waals surface area contributed by atoms with Gasteiger partial charge in [0, 0.05) is 24.9 Å². The van der Waals surface area contributed by atoms with E-state index in [0.717, 1.165) is 37.5 Å². The highest BCUT2D eigenvalue weighted by Crippen LogP contribution is 2.39. The average molecular weight is 735 g/mol. The van der Waals surface area contributed by atoms with E-state index in [4.69, 9.17) is 0 Å². The number of hydrogen-bond acceptors (Lipinski definition) is 9. The lowest BCUT2D eigenvalue weighted by Gasteiger charge is -2.47. The van der Waals surface area contributed by atoms with Crippen molar-refractivity contribution in [1.82, 2.24) is 30.8 Å². The van der Waals surface area contributed by atoms with Gasteiger partial charge in [-0.2, -0.15) is 0 Å². The molecule has 0 spiro atoms. The van der Waals surface area contributed by atoms with Crippen LogP contribution >= 0.6 is 0 Å². The lowest BCUT2D eigenvalue weighted by Crippen LogP contribution is -2.64. The van der Waals surface area contributed by atoms with Crippen molar-refractivity contribution in [2.75, 3.05) is 19.3 Å². The summed E-state index contributed by atoms with van der Waals surface area (Å²) in [5.41, 5.74) is 1.38. The standard InChI is InChI=1S/C39H54N6O6S/c1-38(2,3)44-36(48)32-21-26-16-10-11-17-27(26)23-45(32)24-33(46)30(20-25-14-8-7-9-15-25)42-37(49)34(39(4,5)52(6,50)51)43-35(47)31-22-40-28-18-12-13-19-29(28)41-31/h7-9,12-15,18-19,22,26-27,30,32-34,46H,10-11,16-17,20-21,23-24H2,1-6H3,(H,42,49)(H,43,47)(H,44,48)/t26?,27?,30-,32-,33+,34+/m0/s1. The van der Waals surface area contributed by atoms with Gasteiger partial charge in [-0.25, -0.2) is 13.4 Å². The van der Waals surface area contributed by atoms with Crippen LogP contribution in [0.25, 0.3) is 11.0 Å². The molecule has 2 fully saturated rings. The van der Waals surface area contributed by atoms with E-state index in [2.05, 4.69) is 30.8 Å². The van der Waals surface area contributed by atoms with Crippen molar-refractivity contribution in [2.45, 2.75) is 108 Å². The highest BCUT2D eigenvalue weighted by molar-refractivity contribution is 7.92. The van der Waals surface area contributed by atoms with Crippen LogP contribution < -0.4 is 16.0 Å². The number of para-hydroxylation sites is 2. The van der Waals surface area contributed by atoms with Crippen LogP contribution in [0, 0.1) is 11.8 Å². The van der Waals surface area contributed by atoms with Gasteiger partial charge >= 0.3 is 0 Å². The van der Waals surface area contributed by atoms with Gasteiger partial charge in [0.15, 0.2) is 9.84 Å². The van der Waals surface area contributed by atoms with Crippen molar-refractivity contribution in [1.29, 1.82) is 0 Å². The van der Waals surface area contributed by atoms with Crippen LogP contribution in [-0.4, -0.2) is 100.0 Å². The first-order valence-electron chi connectivity index (χ1n) is 18.2. The normalized spacial score (nSPS) is 21.7. The second-order valence-corrected chi connectivity index (χ2v) is 18.7. The van der Waals surface area contributed by atoms with Crippen LogP contribution in [0.2, 0.25) is 0 Å². The smallest absolute Gasteiger partial charge is 0.272 e. The minimum Gasteiger partial charge on any atom is -0.390 e. The van der Waals surface area contributed by atoms with E-state index in [1.165, 1.54) is 20.0 Å². The molecule has 12 nitrogen and oxygen atoms in total. The maximum atomic E-state index is 14.3. The molecule has 1 saturated heterocycles. The summed E-state index contributed by atoms with van der Waals surface area (Å²) in [6.45, 7) is 9.37. The Morgan fingerprint density at radius 1 is 0.923 bits per heavy atom. The van der Waals surface area contributed by atoms with Crippen LogP contribution in [0.15, 0.2) is 60.8 Å². The molecule has 3 aromatic rings. The molecule has 52 heavy (non-hydrogen) atoms. The summed E-state index contributed by atoms with van der Waals surface area (Å²) in [4.78, 5) is 52.3. The summed E-state index contributed by atoms with van der Waals surface area (Å²) >= 11 is 0. The molecule has 13 heteroatoms. The molecule has 282 valence electrons. The number of hydrogen-bond donors (Lipinski definition) is 4. The van der Waals surface area contributed by atoms with Gasteiger partial charge in [-0.15, -0.1) is 0 Å². The number of aliphatic hydroxyl groups excluding tert-OH is 1. The molecule has 2 aliphatic rings. The molecule has 2 aromatic carbocycles. The summed E-state index contributed by atoms with van der Waals surface area (Å²) in [5.74, 6) is -0.770. The summed E-state index contributed by atoms with van der Waals surface area (Å²) in [6, 6.07) is 13.5. The lowest BCUT2D eigenvalue weighted by atomic mass is 9.72. The molecule has 0 radical (unpaired) electrons. The Hall–Kier alpha value is -3.94. The molecule has 1 aliphatic heterocycles. The fraction of sp³-hybridized carbons (Fsp3) is 0.564. The number of β-amino-alcohol motifs (C(OH)–C–C–N with tert-alkyl or cyclic N) is 1. The Kier molecular flexibility index (Phi) is 12.1. The van der Waals surface area contributed by atoms with Gasteiger partial charge in [0.2, 0.25) is 11.8 Å². The van der Waals surface area contributed by atoms with Crippen molar-refractivity contribution < 1.29 is 27.9 Å². The Bertz CT molecular complexity index is 1850. The molecule has 5 rings (SSSR count). The van der Waals surface area contributed by atoms with Crippen LogP contribution in [0.1, 0.15) is 82.8 Å². The third-order valence-electron chi connectivity index (χ3n) is 10.7. The summed E-state index contributed by atoms with van der Waals surface area (Å²) in [5, 5.41) is 20.7. The van der Waals surface area contributed by atoms with Gasteiger partial charge in [0.1, 0.15) is 11.7 Å². The highest BCUT2D eigenvalue weighted by Gasteiger charge is 2.46. The predicted molar refractivity (Wildman–Crippen MR) is 201 cm³/mol. The second kappa shape index (κ2) is 16.0. The summed E-state index contributed by atoms with van der Waals surface area (Å²) in [7, 11) is -3.92. The topological polar surface area (TPSA) is 171 Å². The monoisotopic (exact) mass is 734 g/mol. The third kappa shape index (κ3) is 9.53. The van der Waals surface area contributed by atoms with Gasteiger partial charge in [-0.3, -0.25) is 24.3 Å². The Morgan fingerprint density at radius 2 is 1.56 bits per heavy atom. The molecule has 1 aromatic heterocycles. The first kappa shape index (κ1) is 39.3. The minimum absolute atomic E-state index is 0.0765. The molecular formula is C39H54N6O6S. The van der Waals surface area contributed by atoms with Gasteiger partial charge < -0.3 is 21.1 Å². The fourth-order valence-electron chi connectivity index (χ4n) is 7.45. The molecule has 4 N–H and O–H groups in total. The third-order valence-corrected chi connectivity index (χ3v) is 12.8. The maximum absolute atomic E-state index is 14.3. The number of likely N-dealkylation sites (tertiary alicyclic amines) is 1. The zero-order valence-corrected chi connectivity index (χ0v) is 31.9. The number of carbonyl (C=O) groups is 3. The van der Waals surface area contributed by atoms with Crippen LogP contribution in [-0.2, 0) is 25.8 Å². The van der Waals surface area contributed by atoms with Crippen LogP contribution in [0.4, 0.5) is 0 Å². The van der Waals surface area contributed by atoms with E-state index in [9.17, 15) is 27.9 Å². The number of piperidine rings is 1. The van der Waals surface area contributed by atoms with Gasteiger partial charge in [0.25, 0.3) is 5.91 Å². The van der Waals surface area contributed by atoms with Crippen LogP contribution in [0.5, 0.6) is 0 Å².